The first-order valence-corrected chi connectivity index (χ1v) is 9.78. The number of rotatable bonds is 2. The average Bonchev–Trinajstić information content (AvgIpc) is 2.63. The predicted octanol–water partition coefficient (Wildman–Crippen LogP) is 5.19. The molecule has 1 atom stereocenters. The summed E-state index contributed by atoms with van der Waals surface area (Å²) in [6.45, 7) is 7.99. The van der Waals surface area contributed by atoms with Crippen LogP contribution in [0.3, 0.4) is 0 Å². The minimum absolute atomic E-state index is 0.0132. The second-order valence-corrected chi connectivity index (χ2v) is 9.16. The minimum atomic E-state index is -0.585. The molecule has 2 fully saturated rings. The maximum absolute atomic E-state index is 13.0. The van der Waals surface area contributed by atoms with E-state index >= 15 is 0 Å². The van der Waals surface area contributed by atoms with Gasteiger partial charge in [0.25, 0.3) is 0 Å². The molecule has 1 aromatic rings. The maximum Gasteiger partial charge on any atom is 0.410 e. The normalized spacial score (nSPS) is 22.1. The zero-order valence-electron chi connectivity index (χ0n) is 19.4. The fraction of sp³-hybridized carbons (Fsp3) is 0.565. The Morgan fingerprint density at radius 1 is 1.32 bits per heavy atom. The van der Waals surface area contributed by atoms with Crippen molar-refractivity contribution in [1.82, 2.24) is 4.90 Å². The summed E-state index contributed by atoms with van der Waals surface area (Å²) < 4.78 is 25.7. The third kappa shape index (κ3) is 4.08. The Morgan fingerprint density at radius 2 is 2.04 bits per heavy atom. The van der Waals surface area contributed by atoms with Gasteiger partial charge in [-0.2, -0.15) is 0 Å². The number of carbonyl (C=O) groups excluding carboxylic acids is 2. The number of hydrogen-bond donors (Lipinski definition) is 0. The van der Waals surface area contributed by atoms with Gasteiger partial charge in [0.15, 0.2) is 0 Å². The molecule has 1 unspecified atom stereocenters. The molecule has 1 aromatic carbocycles. The largest absolute Gasteiger partial charge is 0.465 e. The van der Waals surface area contributed by atoms with Crippen LogP contribution in [0.15, 0.2) is 30.3 Å². The SMILES string of the molecule is [2H]C([2H])=C1CC2(CCN(C(=O)OC(C)(C)C)C(c3ccc(C(=O)OC)cc3C)C2)C1. The van der Waals surface area contributed by atoms with Crippen molar-refractivity contribution in [3.63, 3.8) is 0 Å². The number of esters is 1. The number of allylic oxidation sites excluding steroid dienone is 1. The van der Waals surface area contributed by atoms with Crippen molar-refractivity contribution >= 4 is 12.1 Å². The van der Waals surface area contributed by atoms with Crippen molar-refractivity contribution in [1.29, 1.82) is 0 Å². The van der Waals surface area contributed by atoms with Crippen molar-refractivity contribution < 1.29 is 21.8 Å². The Balaban J connectivity index is 1.93. The third-order valence-corrected chi connectivity index (χ3v) is 5.74. The van der Waals surface area contributed by atoms with E-state index in [1.165, 1.54) is 7.11 Å². The van der Waals surface area contributed by atoms with Crippen LogP contribution < -0.4 is 0 Å². The highest BCUT2D eigenvalue weighted by molar-refractivity contribution is 5.89. The monoisotopic (exact) mass is 387 g/mol. The van der Waals surface area contributed by atoms with Crippen LogP contribution in [-0.4, -0.2) is 36.2 Å². The predicted molar refractivity (Wildman–Crippen MR) is 108 cm³/mol. The molecule has 2 aliphatic rings. The molecule has 1 heterocycles. The van der Waals surface area contributed by atoms with Crippen molar-refractivity contribution in [2.45, 2.75) is 65.0 Å². The van der Waals surface area contributed by atoms with Crippen LogP contribution in [0.2, 0.25) is 0 Å². The summed E-state index contributed by atoms with van der Waals surface area (Å²) in [7, 11) is 1.36. The molecular weight excluding hydrogens is 354 g/mol. The molecule has 0 aromatic heterocycles. The van der Waals surface area contributed by atoms with Crippen LogP contribution in [0.1, 0.15) is 76.7 Å². The molecule has 3 rings (SSSR count). The molecule has 1 spiro atoms. The van der Waals surface area contributed by atoms with E-state index in [4.69, 9.17) is 12.2 Å². The second-order valence-electron chi connectivity index (χ2n) is 9.16. The van der Waals surface area contributed by atoms with Crippen LogP contribution >= 0.6 is 0 Å². The van der Waals surface area contributed by atoms with Gasteiger partial charge in [-0.1, -0.05) is 18.2 Å². The molecule has 1 amide bonds. The fourth-order valence-electron chi connectivity index (χ4n) is 4.42. The first kappa shape index (κ1) is 17.8. The van der Waals surface area contributed by atoms with Crippen molar-refractivity contribution in [2.24, 2.45) is 5.41 Å². The number of ether oxygens (including phenoxy) is 2. The summed E-state index contributed by atoms with van der Waals surface area (Å²) in [5, 5.41) is 0. The van der Waals surface area contributed by atoms with E-state index in [0.29, 0.717) is 12.1 Å². The zero-order chi connectivity index (χ0) is 22.3. The van der Waals surface area contributed by atoms with Gasteiger partial charge in [-0.3, -0.25) is 0 Å². The molecule has 0 radical (unpaired) electrons. The smallest absolute Gasteiger partial charge is 0.410 e. The van der Waals surface area contributed by atoms with Gasteiger partial charge in [-0.25, -0.2) is 9.59 Å². The van der Waals surface area contributed by atoms with Crippen LogP contribution in [0.25, 0.3) is 0 Å². The van der Waals surface area contributed by atoms with Crippen molar-refractivity contribution in [3.8, 4) is 0 Å². The van der Waals surface area contributed by atoms with Gasteiger partial charge in [-0.05, 0) is 82.1 Å². The molecular formula is C23H31NO4. The number of benzene rings is 1. The summed E-state index contributed by atoms with van der Waals surface area (Å²) in [6.07, 6.45) is 2.73. The minimum Gasteiger partial charge on any atom is -0.465 e. The summed E-state index contributed by atoms with van der Waals surface area (Å²) >= 11 is 0. The highest BCUT2D eigenvalue weighted by Gasteiger charge is 2.48. The van der Waals surface area contributed by atoms with E-state index in [9.17, 15) is 9.59 Å². The fourth-order valence-corrected chi connectivity index (χ4v) is 4.42. The van der Waals surface area contributed by atoms with E-state index in [1.54, 1.807) is 17.0 Å². The van der Waals surface area contributed by atoms with Gasteiger partial charge in [0.2, 0.25) is 0 Å². The van der Waals surface area contributed by atoms with Crippen LogP contribution in [0.4, 0.5) is 4.79 Å². The number of nitrogens with zero attached hydrogens (tertiary/aromatic N) is 1. The van der Waals surface area contributed by atoms with E-state index in [-0.39, 0.29) is 30.1 Å². The lowest BCUT2D eigenvalue weighted by atomic mass is 9.59. The molecule has 28 heavy (non-hydrogen) atoms. The molecule has 152 valence electrons. The van der Waals surface area contributed by atoms with E-state index in [2.05, 4.69) is 0 Å². The van der Waals surface area contributed by atoms with Gasteiger partial charge in [-0.15, -0.1) is 0 Å². The molecule has 5 heteroatoms. The number of hydrogen-bond acceptors (Lipinski definition) is 4. The quantitative estimate of drug-likeness (QED) is 0.518. The van der Waals surface area contributed by atoms with E-state index in [0.717, 1.165) is 42.4 Å². The molecule has 0 N–H and O–H groups in total. The lowest BCUT2D eigenvalue weighted by molar-refractivity contribution is -0.0176. The lowest BCUT2D eigenvalue weighted by Gasteiger charge is -2.52. The zero-order valence-corrected chi connectivity index (χ0v) is 17.4. The number of likely N-dealkylation sites (tertiary alicyclic amines) is 1. The Morgan fingerprint density at radius 3 is 2.61 bits per heavy atom. The van der Waals surface area contributed by atoms with E-state index < -0.39 is 5.60 Å². The molecule has 5 nitrogen and oxygen atoms in total. The van der Waals surface area contributed by atoms with Gasteiger partial charge in [0.05, 0.1) is 21.5 Å². The number of aryl methyl sites for hydroxylation is 1. The number of methoxy groups -OCH3 is 1. The molecule has 1 saturated heterocycles. The standard InChI is InChI=1S/C23H31NO4/c1-15-12-23(13-15)9-10-24(21(26)28-22(3,4)5)19(14-23)18-8-7-17(11-16(18)2)20(25)27-6/h7-8,11,19H,1,9-10,12-14H2,2-6H3/i1D2. The van der Waals surface area contributed by atoms with Gasteiger partial charge in [0.1, 0.15) is 5.60 Å². The summed E-state index contributed by atoms with van der Waals surface area (Å²) in [6, 6.07) is 5.26. The second kappa shape index (κ2) is 7.26. The lowest BCUT2D eigenvalue weighted by Crippen LogP contribution is -2.49. The van der Waals surface area contributed by atoms with Crippen LogP contribution in [0, 0.1) is 12.3 Å². The first-order chi connectivity index (χ1) is 13.9. The highest BCUT2D eigenvalue weighted by atomic mass is 16.6. The van der Waals surface area contributed by atoms with Crippen molar-refractivity contribution in [3.05, 3.63) is 47.0 Å². The van der Waals surface area contributed by atoms with Crippen LogP contribution in [-0.2, 0) is 9.47 Å². The number of amides is 1. The number of carbonyl (C=O) groups is 2. The topological polar surface area (TPSA) is 55.8 Å². The Hall–Kier alpha value is -2.30. The Bertz CT molecular complexity index is 876. The molecule has 1 aliphatic carbocycles. The summed E-state index contributed by atoms with van der Waals surface area (Å²) in [5.41, 5.74) is 2.71. The van der Waals surface area contributed by atoms with Crippen LogP contribution in [0.5, 0.6) is 0 Å². The van der Waals surface area contributed by atoms with Crippen molar-refractivity contribution in [2.75, 3.05) is 13.7 Å². The molecule has 1 saturated carbocycles. The molecule has 1 aliphatic heterocycles. The average molecular weight is 388 g/mol. The van der Waals surface area contributed by atoms with Gasteiger partial charge in [0, 0.05) is 6.54 Å². The molecule has 0 bridgehead atoms. The maximum atomic E-state index is 13.0. The Labute approximate surface area is 170 Å². The number of piperidine rings is 1. The van der Waals surface area contributed by atoms with Gasteiger partial charge >= 0.3 is 12.1 Å². The third-order valence-electron chi connectivity index (χ3n) is 5.74. The van der Waals surface area contributed by atoms with E-state index in [1.807, 2.05) is 33.8 Å². The summed E-state index contributed by atoms with van der Waals surface area (Å²) in [5.74, 6) is -0.388. The Kier molecular flexibility index (Phi) is 4.61. The summed E-state index contributed by atoms with van der Waals surface area (Å²) in [4.78, 5) is 26.7. The van der Waals surface area contributed by atoms with Gasteiger partial charge < -0.3 is 14.4 Å². The first-order valence-electron chi connectivity index (χ1n) is 10.8. The highest BCUT2D eigenvalue weighted by Crippen LogP contribution is 2.56.